The van der Waals surface area contributed by atoms with Crippen LogP contribution in [0.4, 0.5) is 0 Å². The molecular formula is C24H20O4. The van der Waals surface area contributed by atoms with E-state index in [1.807, 2.05) is 60.7 Å². The van der Waals surface area contributed by atoms with Crippen molar-refractivity contribution in [3.05, 3.63) is 83.9 Å². The van der Waals surface area contributed by atoms with E-state index in [-0.39, 0.29) is 12.6 Å². The topological polar surface area (TPSA) is 44.8 Å². The highest BCUT2D eigenvalue weighted by atomic mass is 16.5. The monoisotopic (exact) mass is 372 g/mol. The maximum atomic E-state index is 13.1. The maximum Gasteiger partial charge on any atom is 0.339 e. The van der Waals surface area contributed by atoms with E-state index in [1.165, 1.54) is 0 Å². The van der Waals surface area contributed by atoms with Gasteiger partial charge < -0.3 is 14.2 Å². The van der Waals surface area contributed by atoms with Crippen LogP contribution in [0.2, 0.25) is 0 Å². The van der Waals surface area contributed by atoms with Gasteiger partial charge in [-0.05, 0) is 45.3 Å². The molecule has 0 atom stereocenters. The Morgan fingerprint density at radius 2 is 1.29 bits per heavy atom. The third kappa shape index (κ3) is 3.37. The molecular weight excluding hydrogens is 352 g/mol. The SMILES string of the molecule is COc1cc(COC(=O)c2c3ccccc3cc3ccccc23)cc(OC)c1. The number of hydrogen-bond acceptors (Lipinski definition) is 4. The summed E-state index contributed by atoms with van der Waals surface area (Å²) in [7, 11) is 3.18. The molecule has 28 heavy (non-hydrogen) atoms. The van der Waals surface area contributed by atoms with Crippen molar-refractivity contribution in [2.75, 3.05) is 14.2 Å². The molecule has 0 radical (unpaired) electrons. The quantitative estimate of drug-likeness (QED) is 0.349. The minimum absolute atomic E-state index is 0.129. The van der Waals surface area contributed by atoms with E-state index in [0.717, 1.165) is 27.1 Å². The van der Waals surface area contributed by atoms with Crippen molar-refractivity contribution in [2.45, 2.75) is 6.61 Å². The summed E-state index contributed by atoms with van der Waals surface area (Å²) in [5, 5.41) is 3.79. The van der Waals surface area contributed by atoms with E-state index in [2.05, 4.69) is 6.07 Å². The summed E-state index contributed by atoms with van der Waals surface area (Å²) in [5.74, 6) is 0.955. The molecule has 0 bridgehead atoms. The average molecular weight is 372 g/mol. The van der Waals surface area contributed by atoms with Crippen LogP contribution in [0.1, 0.15) is 15.9 Å². The zero-order chi connectivity index (χ0) is 19.5. The van der Waals surface area contributed by atoms with Crippen molar-refractivity contribution in [3.8, 4) is 11.5 Å². The highest BCUT2D eigenvalue weighted by Crippen LogP contribution is 2.30. The van der Waals surface area contributed by atoms with Gasteiger partial charge in [0.15, 0.2) is 0 Å². The first-order valence-electron chi connectivity index (χ1n) is 8.99. The summed E-state index contributed by atoms with van der Waals surface area (Å²) in [4.78, 5) is 13.1. The van der Waals surface area contributed by atoms with Gasteiger partial charge in [-0.25, -0.2) is 4.79 Å². The highest BCUT2D eigenvalue weighted by molar-refractivity contribution is 6.16. The number of carbonyl (C=O) groups is 1. The fourth-order valence-corrected chi connectivity index (χ4v) is 3.40. The Bertz CT molecular complexity index is 1090. The molecule has 4 nitrogen and oxygen atoms in total. The zero-order valence-corrected chi connectivity index (χ0v) is 15.8. The molecule has 4 rings (SSSR count). The largest absolute Gasteiger partial charge is 0.497 e. The van der Waals surface area contributed by atoms with Gasteiger partial charge in [0.05, 0.1) is 19.8 Å². The molecule has 4 aromatic rings. The van der Waals surface area contributed by atoms with E-state index in [9.17, 15) is 4.79 Å². The van der Waals surface area contributed by atoms with Crippen molar-refractivity contribution < 1.29 is 19.0 Å². The Hall–Kier alpha value is -3.53. The Morgan fingerprint density at radius 1 is 0.750 bits per heavy atom. The third-order valence-electron chi connectivity index (χ3n) is 4.76. The number of benzene rings is 4. The molecule has 140 valence electrons. The summed E-state index contributed by atoms with van der Waals surface area (Å²) >= 11 is 0. The van der Waals surface area contributed by atoms with Crippen LogP contribution in [0.25, 0.3) is 21.5 Å². The number of rotatable bonds is 5. The van der Waals surface area contributed by atoms with Crippen molar-refractivity contribution in [3.63, 3.8) is 0 Å². The fourth-order valence-electron chi connectivity index (χ4n) is 3.40. The first-order chi connectivity index (χ1) is 13.7. The molecule has 0 N–H and O–H groups in total. The van der Waals surface area contributed by atoms with E-state index < -0.39 is 0 Å². The summed E-state index contributed by atoms with van der Waals surface area (Å²) < 4.78 is 16.2. The standard InChI is InChI=1S/C24H20O4/c1-26-19-11-16(12-20(14-19)27-2)15-28-24(25)23-21-9-5-3-7-17(21)13-18-8-4-6-10-22(18)23/h3-14H,15H2,1-2H3. The molecule has 0 aromatic heterocycles. The summed E-state index contributed by atoms with van der Waals surface area (Å²) in [6, 6.07) is 23.2. The van der Waals surface area contributed by atoms with Gasteiger partial charge in [0.2, 0.25) is 0 Å². The van der Waals surface area contributed by atoms with Crippen LogP contribution in [-0.2, 0) is 11.3 Å². The second-order valence-electron chi connectivity index (χ2n) is 6.49. The summed E-state index contributed by atoms with van der Waals surface area (Å²) in [6.45, 7) is 0.129. The molecule has 0 aliphatic heterocycles. The van der Waals surface area contributed by atoms with E-state index >= 15 is 0 Å². The van der Waals surface area contributed by atoms with Crippen molar-refractivity contribution in [2.24, 2.45) is 0 Å². The van der Waals surface area contributed by atoms with Crippen molar-refractivity contribution in [1.29, 1.82) is 0 Å². The van der Waals surface area contributed by atoms with Gasteiger partial charge in [-0.2, -0.15) is 0 Å². The first-order valence-corrected chi connectivity index (χ1v) is 8.99. The lowest BCUT2D eigenvalue weighted by molar-refractivity contribution is 0.0477. The molecule has 4 heteroatoms. The molecule has 0 aliphatic rings. The summed E-state index contributed by atoms with van der Waals surface area (Å²) in [5.41, 5.74) is 1.39. The fraction of sp³-hybridized carbons (Fsp3) is 0.125. The van der Waals surface area contributed by atoms with Crippen LogP contribution in [0.3, 0.4) is 0 Å². The molecule has 4 aromatic carbocycles. The minimum atomic E-state index is -0.352. The van der Waals surface area contributed by atoms with Gasteiger partial charge in [-0.15, -0.1) is 0 Å². The van der Waals surface area contributed by atoms with Crippen LogP contribution < -0.4 is 9.47 Å². The van der Waals surface area contributed by atoms with E-state index in [4.69, 9.17) is 14.2 Å². The van der Waals surface area contributed by atoms with Crippen molar-refractivity contribution >= 4 is 27.5 Å². The number of hydrogen-bond donors (Lipinski definition) is 0. The molecule has 0 saturated heterocycles. The Labute approximate surface area is 163 Å². The van der Waals surface area contributed by atoms with E-state index in [0.29, 0.717) is 17.1 Å². The maximum absolute atomic E-state index is 13.1. The zero-order valence-electron chi connectivity index (χ0n) is 15.8. The molecule has 0 fully saturated rings. The Balaban J connectivity index is 1.71. The van der Waals surface area contributed by atoms with E-state index in [1.54, 1.807) is 20.3 Å². The molecule has 0 spiro atoms. The molecule has 0 amide bonds. The lowest BCUT2D eigenvalue weighted by Gasteiger charge is -2.12. The molecule has 0 unspecified atom stereocenters. The average Bonchev–Trinajstić information content (AvgIpc) is 2.75. The number of ether oxygens (including phenoxy) is 3. The number of methoxy groups -OCH3 is 2. The second-order valence-corrected chi connectivity index (χ2v) is 6.49. The molecule has 0 aliphatic carbocycles. The predicted molar refractivity (Wildman–Crippen MR) is 110 cm³/mol. The normalized spacial score (nSPS) is 10.8. The van der Waals surface area contributed by atoms with Crippen LogP contribution in [0, 0.1) is 0 Å². The van der Waals surface area contributed by atoms with Gasteiger partial charge in [0.1, 0.15) is 18.1 Å². The molecule has 0 heterocycles. The van der Waals surface area contributed by atoms with Gasteiger partial charge in [0.25, 0.3) is 0 Å². The lowest BCUT2D eigenvalue weighted by atomic mass is 9.97. The van der Waals surface area contributed by atoms with Crippen LogP contribution in [0.15, 0.2) is 72.8 Å². The van der Waals surface area contributed by atoms with Gasteiger partial charge in [0, 0.05) is 6.07 Å². The lowest BCUT2D eigenvalue weighted by Crippen LogP contribution is -2.07. The summed E-state index contributed by atoms with van der Waals surface area (Å²) in [6.07, 6.45) is 0. The minimum Gasteiger partial charge on any atom is -0.497 e. The third-order valence-corrected chi connectivity index (χ3v) is 4.76. The number of carbonyl (C=O) groups excluding carboxylic acids is 1. The molecule has 0 saturated carbocycles. The predicted octanol–water partition coefficient (Wildman–Crippen LogP) is 5.37. The van der Waals surface area contributed by atoms with Gasteiger partial charge in [-0.1, -0.05) is 48.5 Å². The Morgan fingerprint density at radius 3 is 1.82 bits per heavy atom. The highest BCUT2D eigenvalue weighted by Gasteiger charge is 2.16. The van der Waals surface area contributed by atoms with Gasteiger partial charge >= 0.3 is 5.97 Å². The van der Waals surface area contributed by atoms with Crippen molar-refractivity contribution in [1.82, 2.24) is 0 Å². The number of esters is 1. The van der Waals surface area contributed by atoms with Gasteiger partial charge in [-0.3, -0.25) is 0 Å². The Kier molecular flexibility index (Phi) is 4.85. The van der Waals surface area contributed by atoms with Crippen LogP contribution in [0.5, 0.6) is 11.5 Å². The van der Waals surface area contributed by atoms with Crippen LogP contribution in [-0.4, -0.2) is 20.2 Å². The smallest absolute Gasteiger partial charge is 0.339 e. The number of fused-ring (bicyclic) bond motifs is 2. The van der Waals surface area contributed by atoms with Crippen LogP contribution >= 0.6 is 0 Å². The second kappa shape index (κ2) is 7.61. The first kappa shape index (κ1) is 17.9.